The average molecular weight is 522 g/mol. The molecule has 2 aromatic rings. The van der Waals surface area contributed by atoms with Crippen molar-refractivity contribution in [2.75, 3.05) is 44.7 Å². The first-order chi connectivity index (χ1) is 17.5. The summed E-state index contributed by atoms with van der Waals surface area (Å²) in [6, 6.07) is 11.7. The van der Waals surface area contributed by atoms with E-state index in [1.54, 1.807) is 11.9 Å². The topological polar surface area (TPSA) is 101 Å². The van der Waals surface area contributed by atoms with Gasteiger partial charge in [-0.15, -0.1) is 0 Å². The number of carboxylic acid groups (broad SMARTS) is 2. The Hall–Kier alpha value is -3.60. The van der Waals surface area contributed by atoms with Gasteiger partial charge < -0.3 is 24.9 Å². The predicted molar refractivity (Wildman–Crippen MR) is 130 cm³/mol. The normalized spacial score (nSPS) is 14.8. The molecule has 1 saturated heterocycles. The molecule has 200 valence electrons. The van der Waals surface area contributed by atoms with E-state index in [4.69, 9.17) is 0 Å². The number of nitrogens with zero attached hydrogens (tertiary/aromatic N) is 3. The molecule has 11 heteroatoms. The number of rotatable bonds is 11. The lowest BCUT2D eigenvalue weighted by molar-refractivity contribution is -0.138. The SMILES string of the molecule is CN(C(=O)Cc1ccc(C(F)(F)F)cc1N(CC(=O)O)CC(=O)O)[C@H](CN1CCCC1)c1ccccc1. The van der Waals surface area contributed by atoms with Crippen LogP contribution in [0.3, 0.4) is 0 Å². The van der Waals surface area contributed by atoms with E-state index in [9.17, 15) is 37.8 Å². The zero-order chi connectivity index (χ0) is 27.2. The maximum absolute atomic E-state index is 13.4. The number of amides is 1. The molecule has 0 saturated carbocycles. The summed E-state index contributed by atoms with van der Waals surface area (Å²) < 4.78 is 40.3. The van der Waals surface area contributed by atoms with Crippen molar-refractivity contribution in [1.29, 1.82) is 0 Å². The number of aliphatic carboxylic acids is 2. The van der Waals surface area contributed by atoms with E-state index in [0.29, 0.717) is 12.6 Å². The van der Waals surface area contributed by atoms with E-state index in [-0.39, 0.29) is 29.6 Å². The van der Waals surface area contributed by atoms with Crippen molar-refractivity contribution in [3.63, 3.8) is 0 Å². The number of likely N-dealkylation sites (tertiary alicyclic amines) is 1. The molecule has 1 fully saturated rings. The second-order valence-electron chi connectivity index (χ2n) is 9.10. The first kappa shape index (κ1) is 28.0. The Labute approximate surface area is 212 Å². The number of halogens is 3. The zero-order valence-corrected chi connectivity index (χ0v) is 20.4. The van der Waals surface area contributed by atoms with Gasteiger partial charge >= 0.3 is 18.1 Å². The molecule has 37 heavy (non-hydrogen) atoms. The third-order valence-electron chi connectivity index (χ3n) is 6.42. The van der Waals surface area contributed by atoms with Gasteiger partial charge in [0.05, 0.1) is 18.0 Å². The van der Waals surface area contributed by atoms with Crippen molar-refractivity contribution in [2.24, 2.45) is 0 Å². The second-order valence-corrected chi connectivity index (χ2v) is 9.10. The third-order valence-corrected chi connectivity index (χ3v) is 6.42. The summed E-state index contributed by atoms with van der Waals surface area (Å²) in [5.41, 5.74) is -0.294. The number of carbonyl (C=O) groups excluding carboxylic acids is 1. The van der Waals surface area contributed by atoms with Crippen molar-refractivity contribution in [3.8, 4) is 0 Å². The third kappa shape index (κ3) is 7.69. The molecule has 0 spiro atoms. The fourth-order valence-electron chi connectivity index (χ4n) is 4.53. The standard InChI is InChI=1S/C26H30F3N3O5/c1-30(22(15-31-11-5-6-12-31)18-7-3-2-4-8-18)23(33)13-19-9-10-20(26(27,28)29)14-21(19)32(16-24(34)35)17-25(36)37/h2-4,7-10,14,22H,5-6,11-13,15-17H2,1H3,(H,34,35)(H,36,37)/t22-/m1/s1. The minimum absolute atomic E-state index is 0.111. The number of hydrogen-bond acceptors (Lipinski definition) is 5. The number of hydrogen-bond donors (Lipinski definition) is 2. The van der Waals surface area contributed by atoms with E-state index in [1.165, 1.54) is 0 Å². The second kappa shape index (κ2) is 12.1. The predicted octanol–water partition coefficient (Wildman–Crippen LogP) is 3.52. The van der Waals surface area contributed by atoms with Crippen LogP contribution in [0.15, 0.2) is 48.5 Å². The molecular weight excluding hydrogens is 491 g/mol. The van der Waals surface area contributed by atoms with Gasteiger partial charge in [0.2, 0.25) is 5.91 Å². The summed E-state index contributed by atoms with van der Waals surface area (Å²) >= 11 is 0. The Kier molecular flexibility index (Phi) is 9.14. The van der Waals surface area contributed by atoms with Crippen LogP contribution in [0, 0.1) is 0 Å². The highest BCUT2D eigenvalue weighted by atomic mass is 19.4. The molecule has 1 aliphatic rings. The van der Waals surface area contributed by atoms with Crippen LogP contribution in [-0.4, -0.2) is 77.6 Å². The maximum Gasteiger partial charge on any atom is 0.416 e. The molecule has 8 nitrogen and oxygen atoms in total. The molecule has 3 rings (SSSR count). The number of carboxylic acids is 2. The molecule has 2 aromatic carbocycles. The average Bonchev–Trinajstić information content (AvgIpc) is 3.34. The molecule has 0 aliphatic carbocycles. The fraction of sp³-hybridized carbons (Fsp3) is 0.423. The van der Waals surface area contributed by atoms with Crippen LogP contribution in [-0.2, 0) is 27.0 Å². The Morgan fingerprint density at radius 3 is 2.11 bits per heavy atom. The molecule has 0 radical (unpaired) electrons. The lowest BCUT2D eigenvalue weighted by Crippen LogP contribution is -2.40. The van der Waals surface area contributed by atoms with Gasteiger partial charge in [0.15, 0.2) is 0 Å². The van der Waals surface area contributed by atoms with Crippen molar-refractivity contribution in [2.45, 2.75) is 31.5 Å². The Morgan fingerprint density at radius 2 is 1.57 bits per heavy atom. The number of benzene rings is 2. The van der Waals surface area contributed by atoms with Gasteiger partial charge in [-0.1, -0.05) is 36.4 Å². The molecule has 1 atom stereocenters. The Bertz CT molecular complexity index is 1090. The monoisotopic (exact) mass is 521 g/mol. The van der Waals surface area contributed by atoms with Gasteiger partial charge in [0.25, 0.3) is 0 Å². The molecule has 1 heterocycles. The Balaban J connectivity index is 1.94. The highest BCUT2D eigenvalue weighted by Crippen LogP contribution is 2.34. The van der Waals surface area contributed by atoms with Crippen molar-refractivity contribution < 1.29 is 37.8 Å². The minimum Gasteiger partial charge on any atom is -0.480 e. The summed E-state index contributed by atoms with van der Waals surface area (Å²) in [6.45, 7) is 0.732. The van der Waals surface area contributed by atoms with Crippen LogP contribution in [0.25, 0.3) is 0 Å². The lowest BCUT2D eigenvalue weighted by atomic mass is 10.0. The van der Waals surface area contributed by atoms with E-state index < -0.39 is 36.8 Å². The summed E-state index contributed by atoms with van der Waals surface area (Å²) in [6.07, 6.45) is -2.93. The number of likely N-dealkylation sites (N-methyl/N-ethyl adjacent to an activating group) is 1. The van der Waals surface area contributed by atoms with Crippen molar-refractivity contribution in [1.82, 2.24) is 9.80 Å². The molecule has 1 amide bonds. The molecule has 2 N–H and O–H groups in total. The van der Waals surface area contributed by atoms with E-state index in [2.05, 4.69) is 4.90 Å². The summed E-state index contributed by atoms with van der Waals surface area (Å²) in [4.78, 5) is 40.8. The molecule has 0 aromatic heterocycles. The van der Waals surface area contributed by atoms with E-state index in [0.717, 1.165) is 48.5 Å². The highest BCUT2D eigenvalue weighted by molar-refractivity contribution is 5.84. The van der Waals surface area contributed by atoms with Gasteiger partial charge in [-0.25, -0.2) is 0 Å². The number of carbonyl (C=O) groups is 3. The van der Waals surface area contributed by atoms with Gasteiger partial charge in [0, 0.05) is 19.3 Å². The summed E-state index contributed by atoms with van der Waals surface area (Å²) in [7, 11) is 1.63. The van der Waals surface area contributed by atoms with Crippen LogP contribution in [0.1, 0.15) is 35.6 Å². The quantitative estimate of drug-likeness (QED) is 0.467. The van der Waals surface area contributed by atoms with Crippen molar-refractivity contribution >= 4 is 23.5 Å². The zero-order valence-electron chi connectivity index (χ0n) is 20.4. The van der Waals surface area contributed by atoms with Crippen molar-refractivity contribution in [3.05, 3.63) is 65.2 Å². The van der Waals surface area contributed by atoms with Gasteiger partial charge in [-0.2, -0.15) is 13.2 Å². The van der Waals surface area contributed by atoms with Crippen LogP contribution in [0.5, 0.6) is 0 Å². The van der Waals surface area contributed by atoms with Crippen LogP contribution >= 0.6 is 0 Å². The van der Waals surface area contributed by atoms with E-state index in [1.807, 2.05) is 30.3 Å². The lowest BCUT2D eigenvalue weighted by Gasteiger charge is -2.33. The molecule has 0 unspecified atom stereocenters. The Morgan fingerprint density at radius 1 is 0.973 bits per heavy atom. The smallest absolute Gasteiger partial charge is 0.416 e. The first-order valence-corrected chi connectivity index (χ1v) is 11.9. The summed E-state index contributed by atoms with van der Waals surface area (Å²) in [5.74, 6) is -3.22. The van der Waals surface area contributed by atoms with Gasteiger partial charge in [0.1, 0.15) is 13.1 Å². The van der Waals surface area contributed by atoms with Gasteiger partial charge in [-0.05, 0) is 49.2 Å². The summed E-state index contributed by atoms with van der Waals surface area (Å²) in [5, 5.41) is 18.5. The largest absolute Gasteiger partial charge is 0.480 e. The molecule has 1 aliphatic heterocycles. The van der Waals surface area contributed by atoms with E-state index >= 15 is 0 Å². The van der Waals surface area contributed by atoms with Crippen LogP contribution in [0.2, 0.25) is 0 Å². The molecular formula is C26H30F3N3O5. The number of alkyl halides is 3. The highest BCUT2D eigenvalue weighted by Gasteiger charge is 2.33. The fourth-order valence-corrected chi connectivity index (χ4v) is 4.53. The number of anilines is 1. The molecule has 0 bridgehead atoms. The minimum atomic E-state index is -4.74. The maximum atomic E-state index is 13.4. The van der Waals surface area contributed by atoms with Gasteiger partial charge in [-0.3, -0.25) is 14.4 Å². The van der Waals surface area contributed by atoms with Crippen LogP contribution < -0.4 is 4.90 Å². The van der Waals surface area contributed by atoms with Crippen LogP contribution in [0.4, 0.5) is 18.9 Å². The first-order valence-electron chi connectivity index (χ1n) is 11.9.